The summed E-state index contributed by atoms with van der Waals surface area (Å²) in [5.41, 5.74) is 7.36. The van der Waals surface area contributed by atoms with Crippen LogP contribution >= 0.6 is 0 Å². The van der Waals surface area contributed by atoms with Gasteiger partial charge < -0.3 is 10.6 Å². The molecule has 2 aliphatic rings. The van der Waals surface area contributed by atoms with Gasteiger partial charge in [0, 0.05) is 31.0 Å². The fourth-order valence-electron chi connectivity index (χ4n) is 2.47. The van der Waals surface area contributed by atoms with Crippen LogP contribution in [0.15, 0.2) is 24.3 Å². The molecule has 96 valence electrons. The van der Waals surface area contributed by atoms with E-state index in [1.807, 2.05) is 29.2 Å². The van der Waals surface area contributed by atoms with Crippen molar-refractivity contribution < 1.29 is 4.79 Å². The molecular weight excluding hydrogens is 226 g/mol. The molecule has 0 aromatic heterocycles. The molecule has 2 N–H and O–H groups in total. The zero-order valence-electron chi connectivity index (χ0n) is 10.5. The van der Waals surface area contributed by atoms with Gasteiger partial charge in [0.05, 0.1) is 6.54 Å². The molecule has 2 fully saturated rings. The minimum absolute atomic E-state index is 0.201. The molecule has 1 saturated carbocycles. The van der Waals surface area contributed by atoms with Gasteiger partial charge in [0.15, 0.2) is 0 Å². The molecule has 1 saturated heterocycles. The number of nitrogens with zero attached hydrogens (tertiary/aromatic N) is 2. The molecule has 18 heavy (non-hydrogen) atoms. The Morgan fingerprint density at radius 3 is 2.50 bits per heavy atom. The van der Waals surface area contributed by atoms with Crippen molar-refractivity contribution in [1.82, 2.24) is 4.90 Å². The third-order valence-corrected chi connectivity index (χ3v) is 3.72. The normalized spacial score (nSPS) is 21.3. The maximum atomic E-state index is 12.1. The highest BCUT2D eigenvalue weighted by Gasteiger charge is 2.29. The van der Waals surface area contributed by atoms with Gasteiger partial charge in [-0.3, -0.25) is 9.69 Å². The Morgan fingerprint density at radius 2 is 1.89 bits per heavy atom. The van der Waals surface area contributed by atoms with Crippen molar-refractivity contribution in [2.24, 2.45) is 5.92 Å². The fourth-order valence-corrected chi connectivity index (χ4v) is 2.47. The lowest BCUT2D eigenvalue weighted by molar-refractivity contribution is -0.121. The molecule has 0 spiro atoms. The first-order valence-corrected chi connectivity index (χ1v) is 6.60. The van der Waals surface area contributed by atoms with Gasteiger partial charge in [0.1, 0.15) is 0 Å². The number of nitrogens with two attached hydrogens (primary N) is 1. The smallest absolute Gasteiger partial charge is 0.241 e. The van der Waals surface area contributed by atoms with Crippen LogP contribution in [0.3, 0.4) is 0 Å². The van der Waals surface area contributed by atoms with Crippen LogP contribution < -0.4 is 10.6 Å². The van der Waals surface area contributed by atoms with Crippen molar-refractivity contribution >= 4 is 17.3 Å². The second-order valence-corrected chi connectivity index (χ2v) is 5.32. The zero-order chi connectivity index (χ0) is 12.5. The van der Waals surface area contributed by atoms with Gasteiger partial charge in [-0.2, -0.15) is 0 Å². The van der Waals surface area contributed by atoms with Crippen molar-refractivity contribution in [3.63, 3.8) is 0 Å². The van der Waals surface area contributed by atoms with E-state index < -0.39 is 0 Å². The van der Waals surface area contributed by atoms with Gasteiger partial charge in [-0.05, 0) is 43.0 Å². The number of carbonyl (C=O) groups is 1. The molecule has 1 aromatic carbocycles. The number of hydrogen-bond acceptors (Lipinski definition) is 3. The van der Waals surface area contributed by atoms with E-state index >= 15 is 0 Å². The highest BCUT2D eigenvalue weighted by molar-refractivity contribution is 5.95. The van der Waals surface area contributed by atoms with Crippen LogP contribution in [-0.4, -0.2) is 37.0 Å². The first-order valence-electron chi connectivity index (χ1n) is 6.60. The molecule has 3 rings (SSSR count). The van der Waals surface area contributed by atoms with Crippen LogP contribution in [0.1, 0.15) is 12.8 Å². The van der Waals surface area contributed by atoms with Crippen LogP contribution in [-0.2, 0) is 4.79 Å². The van der Waals surface area contributed by atoms with E-state index in [4.69, 9.17) is 5.73 Å². The van der Waals surface area contributed by atoms with Gasteiger partial charge in [-0.15, -0.1) is 0 Å². The maximum Gasteiger partial charge on any atom is 0.241 e. The van der Waals surface area contributed by atoms with Gasteiger partial charge >= 0.3 is 0 Å². The summed E-state index contributed by atoms with van der Waals surface area (Å²) in [6.45, 7) is 3.42. The predicted octanol–water partition coefficient (Wildman–Crippen LogP) is 1.33. The molecular formula is C14H19N3O. The summed E-state index contributed by atoms with van der Waals surface area (Å²) in [4.78, 5) is 16.3. The molecule has 4 nitrogen and oxygen atoms in total. The number of benzene rings is 1. The molecule has 1 aliphatic carbocycles. The Balaban J connectivity index is 1.64. The van der Waals surface area contributed by atoms with Crippen molar-refractivity contribution in [2.45, 2.75) is 12.8 Å². The number of piperazine rings is 1. The van der Waals surface area contributed by atoms with E-state index in [0.717, 1.165) is 36.9 Å². The lowest BCUT2D eigenvalue weighted by Gasteiger charge is -2.34. The summed E-state index contributed by atoms with van der Waals surface area (Å²) in [7, 11) is 0. The molecule has 1 aliphatic heterocycles. The van der Waals surface area contributed by atoms with Crippen molar-refractivity contribution in [2.75, 3.05) is 36.8 Å². The monoisotopic (exact) mass is 245 g/mol. The molecule has 1 heterocycles. The Labute approximate surface area is 107 Å². The molecule has 1 aromatic rings. The quantitative estimate of drug-likeness (QED) is 0.817. The molecule has 0 atom stereocenters. The van der Waals surface area contributed by atoms with Crippen molar-refractivity contribution in [1.29, 1.82) is 0 Å². The topological polar surface area (TPSA) is 49.6 Å². The molecule has 0 unspecified atom stereocenters. The third-order valence-electron chi connectivity index (χ3n) is 3.72. The standard InChI is InChI=1S/C14H19N3O/c15-12-3-5-13(6-4-12)17-8-7-16(10-14(17)18)9-11-1-2-11/h3-6,11H,1-2,7-10,15H2. The Morgan fingerprint density at radius 1 is 1.17 bits per heavy atom. The van der Waals surface area contributed by atoms with Crippen LogP contribution in [0.4, 0.5) is 11.4 Å². The minimum Gasteiger partial charge on any atom is -0.399 e. The summed E-state index contributed by atoms with van der Waals surface area (Å²) in [6, 6.07) is 7.53. The minimum atomic E-state index is 0.201. The third kappa shape index (κ3) is 2.48. The van der Waals surface area contributed by atoms with E-state index in [0.29, 0.717) is 6.54 Å². The highest BCUT2D eigenvalue weighted by Crippen LogP contribution is 2.30. The van der Waals surface area contributed by atoms with Crippen LogP contribution in [0.2, 0.25) is 0 Å². The van der Waals surface area contributed by atoms with Crippen LogP contribution in [0, 0.1) is 5.92 Å². The molecule has 4 heteroatoms. The average molecular weight is 245 g/mol. The molecule has 1 amide bonds. The van der Waals surface area contributed by atoms with Gasteiger partial charge in [0.25, 0.3) is 0 Å². The summed E-state index contributed by atoms with van der Waals surface area (Å²) in [6.07, 6.45) is 2.68. The maximum absolute atomic E-state index is 12.1. The van der Waals surface area contributed by atoms with E-state index in [9.17, 15) is 4.79 Å². The average Bonchev–Trinajstić information content (AvgIpc) is 3.15. The summed E-state index contributed by atoms with van der Waals surface area (Å²) in [5.74, 6) is 1.05. The van der Waals surface area contributed by atoms with Crippen molar-refractivity contribution in [3.05, 3.63) is 24.3 Å². The van der Waals surface area contributed by atoms with Gasteiger partial charge in [-0.1, -0.05) is 0 Å². The largest absolute Gasteiger partial charge is 0.399 e. The Bertz CT molecular complexity index is 439. The molecule has 0 bridgehead atoms. The van der Waals surface area contributed by atoms with Crippen LogP contribution in [0.25, 0.3) is 0 Å². The van der Waals surface area contributed by atoms with Crippen molar-refractivity contribution in [3.8, 4) is 0 Å². The fraction of sp³-hybridized carbons (Fsp3) is 0.500. The lowest BCUT2D eigenvalue weighted by Crippen LogP contribution is -2.50. The van der Waals surface area contributed by atoms with Crippen LogP contribution in [0.5, 0.6) is 0 Å². The Kier molecular flexibility index (Phi) is 2.96. The van der Waals surface area contributed by atoms with E-state index in [2.05, 4.69) is 4.90 Å². The summed E-state index contributed by atoms with van der Waals surface area (Å²) in [5, 5.41) is 0. The lowest BCUT2D eigenvalue weighted by atomic mass is 10.2. The van der Waals surface area contributed by atoms with Gasteiger partial charge in [-0.25, -0.2) is 0 Å². The Hall–Kier alpha value is -1.55. The van der Waals surface area contributed by atoms with Gasteiger partial charge in [0.2, 0.25) is 5.91 Å². The predicted molar refractivity (Wildman–Crippen MR) is 72.4 cm³/mol. The summed E-state index contributed by atoms with van der Waals surface area (Å²) < 4.78 is 0. The number of anilines is 2. The number of rotatable bonds is 3. The van der Waals surface area contributed by atoms with E-state index in [1.165, 1.54) is 12.8 Å². The SMILES string of the molecule is Nc1ccc(N2CCN(CC3CC3)CC2=O)cc1. The number of nitrogen functional groups attached to an aromatic ring is 1. The second kappa shape index (κ2) is 4.61. The first-order chi connectivity index (χ1) is 8.72. The number of carbonyl (C=O) groups excluding carboxylic acids is 1. The number of amides is 1. The first kappa shape index (κ1) is 11.5. The zero-order valence-corrected chi connectivity index (χ0v) is 10.5. The summed E-state index contributed by atoms with van der Waals surface area (Å²) >= 11 is 0. The molecule has 0 radical (unpaired) electrons. The highest BCUT2D eigenvalue weighted by atomic mass is 16.2. The van der Waals surface area contributed by atoms with E-state index in [1.54, 1.807) is 0 Å². The number of hydrogen-bond donors (Lipinski definition) is 1. The second-order valence-electron chi connectivity index (χ2n) is 5.32. The van der Waals surface area contributed by atoms with E-state index in [-0.39, 0.29) is 5.91 Å².